The molecule has 2 aromatic heterocycles. The van der Waals surface area contributed by atoms with Crippen molar-refractivity contribution < 1.29 is 9.21 Å². The Hall–Kier alpha value is -2.63. The van der Waals surface area contributed by atoms with Crippen LogP contribution in [0.15, 0.2) is 28.7 Å². The van der Waals surface area contributed by atoms with Crippen LogP contribution in [0.25, 0.3) is 11.1 Å². The molecule has 0 aliphatic carbocycles. The second-order valence-electron chi connectivity index (χ2n) is 6.08. The van der Waals surface area contributed by atoms with E-state index in [4.69, 9.17) is 4.42 Å². The Morgan fingerprint density at radius 3 is 2.79 bits per heavy atom. The van der Waals surface area contributed by atoms with Crippen LogP contribution in [0.4, 0.5) is 0 Å². The average molecular weight is 326 g/mol. The van der Waals surface area contributed by atoms with Crippen LogP contribution in [-0.4, -0.2) is 39.6 Å². The number of nitrogens with one attached hydrogen (secondary N) is 1. The van der Waals surface area contributed by atoms with E-state index in [9.17, 15) is 4.79 Å². The topological polar surface area (TPSA) is 75.0 Å². The molecule has 0 saturated carbocycles. The first-order valence-electron chi connectivity index (χ1n) is 8.13. The van der Waals surface area contributed by atoms with Crippen molar-refractivity contribution in [2.24, 2.45) is 0 Å². The molecule has 0 bridgehead atoms. The lowest BCUT2D eigenvalue weighted by molar-refractivity contribution is -0.129. The summed E-state index contributed by atoms with van der Waals surface area (Å²) >= 11 is 0. The fraction of sp³-hybridized carbons (Fsp3) is 0.389. The molecule has 1 aromatic carbocycles. The molecule has 3 rings (SSSR count). The van der Waals surface area contributed by atoms with Gasteiger partial charge in [0.15, 0.2) is 5.58 Å². The summed E-state index contributed by atoms with van der Waals surface area (Å²) in [6.45, 7) is 4.72. The van der Waals surface area contributed by atoms with Gasteiger partial charge in [-0.25, -0.2) is 4.98 Å². The Balaban J connectivity index is 1.53. The van der Waals surface area contributed by atoms with Crippen molar-refractivity contribution in [1.29, 1.82) is 0 Å². The maximum Gasteiger partial charge on any atom is 0.231 e. The summed E-state index contributed by atoms with van der Waals surface area (Å²) in [5, 5.41) is 7.19. The largest absolute Gasteiger partial charge is 0.440 e. The van der Waals surface area contributed by atoms with Gasteiger partial charge >= 0.3 is 0 Å². The van der Waals surface area contributed by atoms with Crippen molar-refractivity contribution in [3.05, 3.63) is 47.1 Å². The number of rotatable bonds is 6. The van der Waals surface area contributed by atoms with Crippen molar-refractivity contribution in [2.45, 2.75) is 33.1 Å². The Morgan fingerprint density at radius 1 is 1.29 bits per heavy atom. The standard InChI is InChI=1S/C18H22N4O2/c1-12-14(13(2)21-20-12)7-6-10-22(3)18(23)11-17-19-15-8-4-5-9-16(15)24-17/h4-5,8-9H,6-7,10-11H2,1-3H3,(H,20,21). The molecule has 0 saturated heterocycles. The second kappa shape index (κ2) is 6.86. The van der Waals surface area contributed by atoms with E-state index in [0.29, 0.717) is 18.0 Å². The summed E-state index contributed by atoms with van der Waals surface area (Å²) in [5.41, 5.74) is 4.89. The zero-order valence-corrected chi connectivity index (χ0v) is 14.3. The number of benzene rings is 1. The van der Waals surface area contributed by atoms with Crippen molar-refractivity contribution in [2.75, 3.05) is 13.6 Å². The zero-order valence-electron chi connectivity index (χ0n) is 14.3. The third kappa shape index (κ3) is 3.48. The molecule has 6 nitrogen and oxygen atoms in total. The molecule has 0 aliphatic rings. The molecule has 2 heterocycles. The number of hydrogen-bond donors (Lipinski definition) is 1. The molecule has 1 amide bonds. The first-order chi connectivity index (χ1) is 11.5. The van der Waals surface area contributed by atoms with Crippen LogP contribution >= 0.6 is 0 Å². The van der Waals surface area contributed by atoms with Gasteiger partial charge in [-0.2, -0.15) is 5.10 Å². The first kappa shape index (κ1) is 16.2. The highest BCUT2D eigenvalue weighted by atomic mass is 16.3. The highest BCUT2D eigenvalue weighted by Gasteiger charge is 2.14. The number of oxazole rings is 1. The van der Waals surface area contributed by atoms with Gasteiger partial charge in [-0.3, -0.25) is 9.89 Å². The van der Waals surface area contributed by atoms with Crippen LogP contribution in [0.5, 0.6) is 0 Å². The summed E-state index contributed by atoms with van der Waals surface area (Å²) in [7, 11) is 1.82. The number of carbonyl (C=O) groups excluding carboxylic acids is 1. The number of aryl methyl sites for hydroxylation is 2. The van der Waals surface area contributed by atoms with Crippen molar-refractivity contribution in [3.8, 4) is 0 Å². The Bertz CT molecular complexity index is 797. The molecule has 6 heteroatoms. The normalized spacial score (nSPS) is 11.1. The van der Waals surface area contributed by atoms with Gasteiger partial charge in [0.1, 0.15) is 11.9 Å². The van der Waals surface area contributed by atoms with Crippen molar-refractivity contribution >= 4 is 17.0 Å². The molecule has 3 aromatic rings. The lowest BCUT2D eigenvalue weighted by atomic mass is 10.1. The number of hydrogen-bond acceptors (Lipinski definition) is 4. The second-order valence-corrected chi connectivity index (χ2v) is 6.08. The van der Waals surface area contributed by atoms with Crippen LogP contribution in [0.2, 0.25) is 0 Å². The van der Waals surface area contributed by atoms with Gasteiger partial charge in [0.2, 0.25) is 11.8 Å². The predicted molar refractivity (Wildman–Crippen MR) is 91.7 cm³/mol. The fourth-order valence-electron chi connectivity index (χ4n) is 2.82. The van der Waals surface area contributed by atoms with Crippen LogP contribution in [0.3, 0.4) is 0 Å². The van der Waals surface area contributed by atoms with Gasteiger partial charge in [0.05, 0.1) is 5.69 Å². The van der Waals surface area contributed by atoms with Gasteiger partial charge in [-0.15, -0.1) is 0 Å². The van der Waals surface area contributed by atoms with Crippen LogP contribution < -0.4 is 0 Å². The number of nitrogens with zero attached hydrogens (tertiary/aromatic N) is 3. The highest BCUT2D eigenvalue weighted by Crippen LogP contribution is 2.16. The molecule has 0 radical (unpaired) electrons. The third-order valence-corrected chi connectivity index (χ3v) is 4.27. The Kier molecular flexibility index (Phi) is 4.64. The molecule has 126 valence electrons. The molecule has 24 heavy (non-hydrogen) atoms. The van der Waals surface area contributed by atoms with E-state index in [1.807, 2.05) is 45.2 Å². The Morgan fingerprint density at radius 2 is 2.08 bits per heavy atom. The highest BCUT2D eigenvalue weighted by molar-refractivity contribution is 5.79. The fourth-order valence-corrected chi connectivity index (χ4v) is 2.82. The number of H-pyrrole nitrogens is 1. The smallest absolute Gasteiger partial charge is 0.231 e. The number of likely N-dealkylation sites (N-methyl/N-ethyl adjacent to an activating group) is 1. The lowest BCUT2D eigenvalue weighted by Gasteiger charge is -2.16. The average Bonchev–Trinajstić information content (AvgIpc) is 3.11. The number of carbonyl (C=O) groups is 1. The SMILES string of the molecule is Cc1n[nH]c(C)c1CCCN(C)C(=O)Cc1nc2ccccc2o1. The van der Waals surface area contributed by atoms with Crippen LogP contribution in [0.1, 0.15) is 29.3 Å². The van der Waals surface area contributed by atoms with Crippen LogP contribution in [0, 0.1) is 13.8 Å². The van der Waals surface area contributed by atoms with Gasteiger partial charge in [-0.1, -0.05) is 12.1 Å². The van der Waals surface area contributed by atoms with E-state index < -0.39 is 0 Å². The molecular formula is C18H22N4O2. The number of aromatic nitrogens is 3. The summed E-state index contributed by atoms with van der Waals surface area (Å²) in [5.74, 6) is 0.483. The monoisotopic (exact) mass is 326 g/mol. The van der Waals surface area contributed by atoms with Gasteiger partial charge in [-0.05, 0) is 44.4 Å². The minimum absolute atomic E-state index is 0.0159. The van der Waals surface area contributed by atoms with E-state index in [2.05, 4.69) is 15.2 Å². The van der Waals surface area contributed by atoms with Crippen molar-refractivity contribution in [3.63, 3.8) is 0 Å². The molecule has 0 unspecified atom stereocenters. The predicted octanol–water partition coefficient (Wildman–Crippen LogP) is 2.80. The van der Waals surface area contributed by atoms with E-state index in [-0.39, 0.29) is 12.3 Å². The summed E-state index contributed by atoms with van der Waals surface area (Å²) in [6, 6.07) is 7.54. The lowest BCUT2D eigenvalue weighted by Crippen LogP contribution is -2.29. The quantitative estimate of drug-likeness (QED) is 0.756. The van der Waals surface area contributed by atoms with Gasteiger partial charge < -0.3 is 9.32 Å². The number of para-hydroxylation sites is 2. The van der Waals surface area contributed by atoms with E-state index in [1.54, 1.807) is 4.90 Å². The molecule has 0 atom stereocenters. The van der Waals surface area contributed by atoms with Gasteiger partial charge in [0.25, 0.3) is 0 Å². The third-order valence-electron chi connectivity index (χ3n) is 4.27. The minimum atomic E-state index is 0.0159. The molecule has 1 N–H and O–H groups in total. The summed E-state index contributed by atoms with van der Waals surface area (Å²) in [6.07, 6.45) is 2.00. The number of aromatic amines is 1. The number of fused-ring (bicyclic) bond motifs is 1. The summed E-state index contributed by atoms with van der Waals surface area (Å²) in [4.78, 5) is 18.4. The van der Waals surface area contributed by atoms with E-state index in [0.717, 1.165) is 29.7 Å². The van der Waals surface area contributed by atoms with Crippen LogP contribution in [-0.2, 0) is 17.6 Å². The minimum Gasteiger partial charge on any atom is -0.440 e. The maximum absolute atomic E-state index is 12.3. The van der Waals surface area contributed by atoms with Gasteiger partial charge in [0, 0.05) is 19.3 Å². The van der Waals surface area contributed by atoms with E-state index >= 15 is 0 Å². The maximum atomic E-state index is 12.3. The molecule has 0 spiro atoms. The Labute approximate surface area is 140 Å². The molecular weight excluding hydrogens is 304 g/mol. The first-order valence-corrected chi connectivity index (χ1v) is 8.13. The molecule has 0 aliphatic heterocycles. The zero-order chi connectivity index (χ0) is 17.1. The van der Waals surface area contributed by atoms with E-state index in [1.165, 1.54) is 5.56 Å². The summed E-state index contributed by atoms with van der Waals surface area (Å²) < 4.78 is 5.61. The van der Waals surface area contributed by atoms with Crippen molar-refractivity contribution in [1.82, 2.24) is 20.1 Å². The molecule has 0 fully saturated rings. The number of amides is 1.